The first-order valence-electron chi connectivity index (χ1n) is 6.75. The van der Waals surface area contributed by atoms with Crippen molar-refractivity contribution in [1.82, 2.24) is 10.5 Å². The third kappa shape index (κ3) is 4.77. The van der Waals surface area contributed by atoms with Crippen molar-refractivity contribution in [2.45, 2.75) is 39.0 Å². The summed E-state index contributed by atoms with van der Waals surface area (Å²) in [5.74, 6) is 0.888. The van der Waals surface area contributed by atoms with Crippen molar-refractivity contribution in [3.05, 3.63) is 23.5 Å². The molecule has 0 bridgehead atoms. The molecule has 0 atom stereocenters. The Bertz CT molecular complexity index is 451. The predicted molar refractivity (Wildman–Crippen MR) is 70.9 cm³/mol. The van der Waals surface area contributed by atoms with E-state index in [1.807, 2.05) is 0 Å². The maximum atomic E-state index is 11.6. The number of allylic oxidation sites excluding steroid dienone is 1. The average Bonchev–Trinajstić information content (AvgIpc) is 2.83. The van der Waals surface area contributed by atoms with Crippen molar-refractivity contribution in [3.8, 4) is 5.88 Å². The summed E-state index contributed by atoms with van der Waals surface area (Å²) in [5, 5.41) is 6.50. The molecule has 1 aliphatic rings. The number of hydrogen-bond donors (Lipinski definition) is 1. The first kappa shape index (κ1) is 13.6. The molecule has 0 radical (unpaired) electrons. The third-order valence-electron chi connectivity index (χ3n) is 3.11. The van der Waals surface area contributed by atoms with Crippen LogP contribution in [0.5, 0.6) is 5.88 Å². The van der Waals surface area contributed by atoms with Crippen LogP contribution in [-0.4, -0.2) is 24.2 Å². The normalized spacial score (nSPS) is 14.9. The minimum Gasteiger partial charge on any atom is -0.465 e. The summed E-state index contributed by atoms with van der Waals surface area (Å²) < 4.78 is 10.0. The summed E-state index contributed by atoms with van der Waals surface area (Å²) in [7, 11) is 0. The molecule has 0 saturated heterocycles. The molecule has 0 fully saturated rings. The summed E-state index contributed by atoms with van der Waals surface area (Å²) in [6, 6.07) is 1.65. The van der Waals surface area contributed by atoms with Gasteiger partial charge < -0.3 is 14.6 Å². The molecule has 0 aromatic carbocycles. The molecule has 2 rings (SSSR count). The van der Waals surface area contributed by atoms with Crippen LogP contribution in [-0.2, 0) is 4.79 Å². The molecular formula is C14H20N2O3. The number of nitrogens with zero attached hydrogens (tertiary/aromatic N) is 1. The fourth-order valence-electron chi connectivity index (χ4n) is 2.10. The summed E-state index contributed by atoms with van der Waals surface area (Å²) in [4.78, 5) is 11.6. The maximum Gasteiger partial charge on any atom is 0.258 e. The summed E-state index contributed by atoms with van der Waals surface area (Å²) >= 11 is 0. The van der Waals surface area contributed by atoms with Gasteiger partial charge in [0, 0.05) is 12.6 Å². The van der Waals surface area contributed by atoms with E-state index < -0.39 is 0 Å². The molecule has 1 aromatic rings. The molecule has 0 unspecified atom stereocenters. The molecular weight excluding hydrogens is 244 g/mol. The molecule has 1 heterocycles. The number of carbonyl (C=O) groups is 1. The van der Waals surface area contributed by atoms with Gasteiger partial charge in [0.2, 0.25) is 0 Å². The Labute approximate surface area is 113 Å². The number of amides is 1. The minimum atomic E-state index is -0.128. The second-order valence-electron chi connectivity index (χ2n) is 4.77. The van der Waals surface area contributed by atoms with Crippen LogP contribution in [0.1, 0.15) is 37.9 Å². The largest absolute Gasteiger partial charge is 0.465 e. The zero-order valence-corrected chi connectivity index (χ0v) is 11.3. The third-order valence-corrected chi connectivity index (χ3v) is 3.11. The maximum absolute atomic E-state index is 11.6. The van der Waals surface area contributed by atoms with Gasteiger partial charge >= 0.3 is 0 Å². The number of ether oxygens (including phenoxy) is 1. The summed E-state index contributed by atoms with van der Waals surface area (Å²) in [6.45, 7) is 2.43. The Morgan fingerprint density at radius 3 is 3.11 bits per heavy atom. The van der Waals surface area contributed by atoms with Crippen LogP contribution in [0.2, 0.25) is 0 Å². The molecule has 1 N–H and O–H groups in total. The highest BCUT2D eigenvalue weighted by atomic mass is 16.5. The Morgan fingerprint density at radius 1 is 1.53 bits per heavy atom. The lowest BCUT2D eigenvalue weighted by Gasteiger charge is -2.12. The summed E-state index contributed by atoms with van der Waals surface area (Å²) in [6.07, 6.45) is 8.15. The van der Waals surface area contributed by atoms with E-state index in [1.54, 1.807) is 13.0 Å². The second-order valence-corrected chi connectivity index (χ2v) is 4.77. The molecule has 1 aromatic heterocycles. The van der Waals surface area contributed by atoms with Gasteiger partial charge in [-0.1, -0.05) is 11.6 Å². The van der Waals surface area contributed by atoms with Gasteiger partial charge in [0.05, 0.1) is 0 Å². The number of aromatic nitrogens is 1. The van der Waals surface area contributed by atoms with E-state index in [2.05, 4.69) is 16.5 Å². The fourth-order valence-corrected chi connectivity index (χ4v) is 2.10. The minimum absolute atomic E-state index is 0.0228. The zero-order valence-electron chi connectivity index (χ0n) is 11.3. The van der Waals surface area contributed by atoms with Gasteiger partial charge in [-0.05, 0) is 44.2 Å². The van der Waals surface area contributed by atoms with Gasteiger partial charge in [-0.15, -0.1) is 0 Å². The Hall–Kier alpha value is -1.78. The highest BCUT2D eigenvalue weighted by Gasteiger charge is 2.07. The van der Waals surface area contributed by atoms with Crippen molar-refractivity contribution in [1.29, 1.82) is 0 Å². The van der Waals surface area contributed by atoms with E-state index in [9.17, 15) is 4.79 Å². The van der Waals surface area contributed by atoms with Crippen molar-refractivity contribution < 1.29 is 14.1 Å². The highest BCUT2D eigenvalue weighted by molar-refractivity contribution is 5.77. The van der Waals surface area contributed by atoms with Crippen LogP contribution in [0.3, 0.4) is 0 Å². The molecule has 1 aliphatic carbocycles. The SMILES string of the molecule is Cc1cc(OCC(=O)NCCC2=CCCCC2)no1. The van der Waals surface area contributed by atoms with Gasteiger partial charge in [-0.3, -0.25) is 4.79 Å². The van der Waals surface area contributed by atoms with Crippen LogP contribution in [0, 0.1) is 6.92 Å². The molecule has 0 saturated carbocycles. The number of nitrogens with one attached hydrogen (secondary N) is 1. The van der Waals surface area contributed by atoms with Crippen molar-refractivity contribution >= 4 is 5.91 Å². The number of carbonyl (C=O) groups excluding carboxylic acids is 1. The standard InChI is InChI=1S/C14H20N2O3/c1-11-9-14(16-19-11)18-10-13(17)15-8-7-12-5-3-2-4-6-12/h5,9H,2-4,6-8,10H2,1H3,(H,15,17). The first-order valence-corrected chi connectivity index (χ1v) is 6.75. The van der Waals surface area contributed by atoms with Crippen LogP contribution >= 0.6 is 0 Å². The average molecular weight is 264 g/mol. The smallest absolute Gasteiger partial charge is 0.258 e. The van der Waals surface area contributed by atoms with Crippen LogP contribution in [0.25, 0.3) is 0 Å². The number of aryl methyl sites for hydroxylation is 1. The predicted octanol–water partition coefficient (Wildman–Crippen LogP) is 2.37. The van der Waals surface area contributed by atoms with E-state index in [0.29, 0.717) is 18.2 Å². The van der Waals surface area contributed by atoms with Gasteiger partial charge in [-0.2, -0.15) is 0 Å². The quantitative estimate of drug-likeness (QED) is 0.801. The van der Waals surface area contributed by atoms with Crippen LogP contribution < -0.4 is 10.1 Å². The van der Waals surface area contributed by atoms with Crippen molar-refractivity contribution in [2.24, 2.45) is 0 Å². The van der Waals surface area contributed by atoms with Crippen molar-refractivity contribution in [2.75, 3.05) is 13.2 Å². The summed E-state index contributed by atoms with van der Waals surface area (Å²) in [5.41, 5.74) is 1.46. The first-order chi connectivity index (χ1) is 9.24. The van der Waals surface area contributed by atoms with Gasteiger partial charge in [0.15, 0.2) is 6.61 Å². The highest BCUT2D eigenvalue weighted by Crippen LogP contribution is 2.19. The number of hydrogen-bond acceptors (Lipinski definition) is 4. The monoisotopic (exact) mass is 264 g/mol. The lowest BCUT2D eigenvalue weighted by Crippen LogP contribution is -2.30. The van der Waals surface area contributed by atoms with E-state index in [1.165, 1.54) is 31.3 Å². The van der Waals surface area contributed by atoms with E-state index in [0.717, 1.165) is 6.42 Å². The number of rotatable bonds is 6. The second kappa shape index (κ2) is 6.97. The Kier molecular flexibility index (Phi) is 5.01. The van der Waals surface area contributed by atoms with Crippen LogP contribution in [0.15, 0.2) is 22.2 Å². The van der Waals surface area contributed by atoms with E-state index >= 15 is 0 Å². The molecule has 0 aliphatic heterocycles. The lowest BCUT2D eigenvalue weighted by molar-refractivity contribution is -0.123. The zero-order chi connectivity index (χ0) is 13.5. The van der Waals surface area contributed by atoms with E-state index in [-0.39, 0.29) is 12.5 Å². The molecule has 1 amide bonds. The van der Waals surface area contributed by atoms with E-state index in [4.69, 9.17) is 9.26 Å². The molecule has 104 valence electrons. The van der Waals surface area contributed by atoms with Gasteiger partial charge in [-0.25, -0.2) is 0 Å². The van der Waals surface area contributed by atoms with Crippen molar-refractivity contribution in [3.63, 3.8) is 0 Å². The molecule has 5 heteroatoms. The fraction of sp³-hybridized carbons (Fsp3) is 0.571. The topological polar surface area (TPSA) is 64.4 Å². The molecule has 0 spiro atoms. The van der Waals surface area contributed by atoms with Gasteiger partial charge in [0.25, 0.3) is 11.8 Å². The van der Waals surface area contributed by atoms with Crippen LogP contribution in [0.4, 0.5) is 0 Å². The molecule has 5 nitrogen and oxygen atoms in total. The Balaban J connectivity index is 1.60. The molecule has 19 heavy (non-hydrogen) atoms. The lowest BCUT2D eigenvalue weighted by atomic mass is 9.97. The van der Waals surface area contributed by atoms with Gasteiger partial charge in [0.1, 0.15) is 5.76 Å². The Morgan fingerprint density at radius 2 is 2.42 bits per heavy atom.